The third-order valence-electron chi connectivity index (χ3n) is 6.54. The number of aromatic nitrogens is 4. The van der Waals surface area contributed by atoms with Crippen LogP contribution >= 0.6 is 23.2 Å². The molecule has 9 nitrogen and oxygen atoms in total. The molecule has 5 rings (SSSR count). The van der Waals surface area contributed by atoms with Gasteiger partial charge < -0.3 is 20.9 Å². The number of carbonyl (C=O) groups excluding carboxylic acids is 2. The molecule has 0 radical (unpaired) electrons. The summed E-state index contributed by atoms with van der Waals surface area (Å²) in [6, 6.07) is 3.62. The van der Waals surface area contributed by atoms with Crippen molar-refractivity contribution in [1.29, 1.82) is 0 Å². The van der Waals surface area contributed by atoms with Gasteiger partial charge in [-0.2, -0.15) is 5.10 Å². The molecule has 198 valence electrons. The van der Waals surface area contributed by atoms with Gasteiger partial charge in [-0.3, -0.25) is 14.3 Å². The van der Waals surface area contributed by atoms with Crippen molar-refractivity contribution in [2.24, 2.45) is 7.05 Å². The number of H-pyrrole nitrogens is 1. The first kappa shape index (κ1) is 25.9. The summed E-state index contributed by atoms with van der Waals surface area (Å²) in [7, 11) is 3.25. The van der Waals surface area contributed by atoms with E-state index in [1.165, 1.54) is 10.9 Å². The third-order valence-corrected chi connectivity index (χ3v) is 7.12. The van der Waals surface area contributed by atoms with Crippen LogP contribution in [0.5, 0.6) is 0 Å². The van der Waals surface area contributed by atoms with Crippen LogP contribution in [0.15, 0.2) is 24.4 Å². The first-order chi connectivity index (χ1) is 18.2. The minimum absolute atomic E-state index is 0.0292. The molecule has 1 aliphatic rings. The summed E-state index contributed by atoms with van der Waals surface area (Å²) in [6.45, 7) is 0. The topological polar surface area (TPSA) is 117 Å². The Morgan fingerprint density at radius 3 is 2.76 bits per heavy atom. The number of anilines is 2. The van der Waals surface area contributed by atoms with E-state index in [-0.39, 0.29) is 28.4 Å². The molecule has 3 heterocycles. The molecular weight excluding hydrogens is 539 g/mol. The lowest BCUT2D eigenvalue weighted by atomic mass is 10.0. The predicted molar refractivity (Wildman–Crippen MR) is 142 cm³/mol. The van der Waals surface area contributed by atoms with Crippen LogP contribution in [0.1, 0.15) is 47.9 Å². The highest BCUT2D eigenvalue weighted by molar-refractivity contribution is 6.34. The van der Waals surface area contributed by atoms with Crippen LogP contribution in [0.2, 0.25) is 10.2 Å². The van der Waals surface area contributed by atoms with Crippen LogP contribution in [0, 0.1) is 11.6 Å². The fourth-order valence-corrected chi connectivity index (χ4v) is 5.06. The van der Waals surface area contributed by atoms with Gasteiger partial charge in [0.2, 0.25) is 5.91 Å². The first-order valence-corrected chi connectivity index (χ1v) is 12.6. The smallest absolute Gasteiger partial charge is 0.257 e. The summed E-state index contributed by atoms with van der Waals surface area (Å²) < 4.78 is 31.4. The van der Waals surface area contributed by atoms with Crippen molar-refractivity contribution in [2.45, 2.75) is 31.7 Å². The molecule has 4 N–H and O–H groups in total. The van der Waals surface area contributed by atoms with E-state index in [0.29, 0.717) is 52.7 Å². The summed E-state index contributed by atoms with van der Waals surface area (Å²) in [5.41, 5.74) is 1.34. The Balaban J connectivity index is 1.55. The van der Waals surface area contributed by atoms with Gasteiger partial charge >= 0.3 is 0 Å². The molecule has 2 bridgehead atoms. The third kappa shape index (κ3) is 4.67. The number of fused-ring (bicyclic) bond motifs is 5. The summed E-state index contributed by atoms with van der Waals surface area (Å²) in [5.74, 6) is -2.87. The Morgan fingerprint density at radius 1 is 1.21 bits per heavy atom. The van der Waals surface area contributed by atoms with Crippen molar-refractivity contribution in [2.75, 3.05) is 17.7 Å². The first-order valence-electron chi connectivity index (χ1n) is 11.9. The monoisotopic (exact) mass is 561 g/mol. The summed E-state index contributed by atoms with van der Waals surface area (Å²) in [4.78, 5) is 33.4. The Morgan fingerprint density at radius 2 is 2.00 bits per heavy atom. The predicted octanol–water partition coefficient (Wildman–Crippen LogP) is 5.57. The van der Waals surface area contributed by atoms with Crippen LogP contribution < -0.4 is 16.0 Å². The Hall–Kier alpha value is -3.70. The minimum atomic E-state index is -1.01. The molecule has 2 amide bonds. The number of halogens is 4. The van der Waals surface area contributed by atoms with E-state index in [9.17, 15) is 14.0 Å². The highest BCUT2D eigenvalue weighted by Gasteiger charge is 2.28. The Bertz CT molecular complexity index is 1580. The average Bonchev–Trinajstić information content (AvgIpc) is 3.44. The van der Waals surface area contributed by atoms with Crippen molar-refractivity contribution < 1.29 is 18.4 Å². The fourth-order valence-electron chi connectivity index (χ4n) is 4.56. The highest BCUT2D eigenvalue weighted by Crippen LogP contribution is 2.39. The summed E-state index contributed by atoms with van der Waals surface area (Å²) in [5, 5.41) is 13.0. The van der Waals surface area contributed by atoms with Crippen molar-refractivity contribution >= 4 is 57.3 Å². The van der Waals surface area contributed by atoms with E-state index in [0.717, 1.165) is 6.07 Å². The molecule has 0 aliphatic carbocycles. The Labute approximate surface area is 225 Å². The largest absolute Gasteiger partial charge is 0.387 e. The molecule has 1 unspecified atom stereocenters. The summed E-state index contributed by atoms with van der Waals surface area (Å²) >= 11 is 12.9. The lowest BCUT2D eigenvalue weighted by Crippen LogP contribution is -2.31. The maximum absolute atomic E-state index is 15.2. The van der Waals surface area contributed by atoms with Gasteiger partial charge in [-0.05, 0) is 25.0 Å². The molecule has 0 spiro atoms. The number of amides is 2. The van der Waals surface area contributed by atoms with Gasteiger partial charge in [0.25, 0.3) is 5.91 Å². The molecule has 4 aromatic rings. The average molecular weight is 562 g/mol. The number of aryl methyl sites for hydroxylation is 1. The number of aromatic amines is 1. The van der Waals surface area contributed by atoms with Gasteiger partial charge in [0, 0.05) is 32.1 Å². The van der Waals surface area contributed by atoms with Crippen LogP contribution in [0.3, 0.4) is 0 Å². The van der Waals surface area contributed by atoms with Gasteiger partial charge in [-0.1, -0.05) is 29.6 Å². The second kappa shape index (κ2) is 10.2. The fraction of sp³-hybridized carbons (Fsp3) is 0.280. The van der Waals surface area contributed by atoms with Crippen LogP contribution in [0.4, 0.5) is 20.2 Å². The van der Waals surface area contributed by atoms with Gasteiger partial charge in [-0.15, -0.1) is 0 Å². The number of rotatable bonds is 3. The Kier molecular flexibility index (Phi) is 6.97. The van der Waals surface area contributed by atoms with E-state index in [1.54, 1.807) is 26.2 Å². The highest BCUT2D eigenvalue weighted by atomic mass is 35.5. The molecule has 2 aromatic carbocycles. The molecule has 0 fully saturated rings. The maximum Gasteiger partial charge on any atom is 0.257 e. The number of carbonyl (C=O) groups is 2. The summed E-state index contributed by atoms with van der Waals surface area (Å²) in [6.07, 6.45) is 2.83. The zero-order valence-corrected chi connectivity index (χ0v) is 21.9. The molecule has 1 atom stereocenters. The van der Waals surface area contributed by atoms with Gasteiger partial charge in [0.1, 0.15) is 33.9 Å². The number of hydrogen-bond donors (Lipinski definition) is 4. The zero-order chi connectivity index (χ0) is 27.1. The van der Waals surface area contributed by atoms with Crippen molar-refractivity contribution in [1.82, 2.24) is 25.1 Å². The quantitative estimate of drug-likeness (QED) is 0.261. The SMILES string of the molecule is CNc1cc2c(cc1Cl)-c1nc([nH]c1Cl)C(NC(=O)c1c(F)cc3c(cnn3C)c1F)CCCCC(=O)N2. The van der Waals surface area contributed by atoms with Crippen molar-refractivity contribution in [3.63, 3.8) is 0 Å². The molecule has 1 aliphatic heterocycles. The molecule has 13 heteroatoms. The molecule has 0 saturated carbocycles. The second-order valence-electron chi connectivity index (χ2n) is 8.98. The molecule has 38 heavy (non-hydrogen) atoms. The standard InChI is InChI=1S/C25H23Cl2F2N7O2/c1-30-17-9-16-11(7-13(17)26)22-23(27)35-24(34-22)15(5-3-4-6-19(37)32-16)33-25(38)20-14(28)8-18-12(21(20)29)10-31-36(18)2/h7-10,15,30H,3-6H2,1-2H3,(H,32,37)(H,33,38)(H,34,35). The van der Waals surface area contributed by atoms with E-state index in [2.05, 4.69) is 31.0 Å². The van der Waals surface area contributed by atoms with E-state index >= 15 is 4.39 Å². The van der Waals surface area contributed by atoms with E-state index in [1.807, 2.05) is 0 Å². The van der Waals surface area contributed by atoms with Crippen molar-refractivity contribution in [3.8, 4) is 11.3 Å². The number of benzene rings is 2. The molecular formula is C25H23Cl2F2N7O2. The van der Waals surface area contributed by atoms with Crippen molar-refractivity contribution in [3.05, 3.63) is 57.6 Å². The number of hydrogen-bond acceptors (Lipinski definition) is 5. The van der Waals surface area contributed by atoms with Gasteiger partial charge in [-0.25, -0.2) is 13.8 Å². The lowest BCUT2D eigenvalue weighted by molar-refractivity contribution is -0.116. The van der Waals surface area contributed by atoms with Crippen LogP contribution in [-0.2, 0) is 11.8 Å². The number of nitrogens with one attached hydrogen (secondary N) is 4. The van der Waals surface area contributed by atoms with Gasteiger partial charge in [0.15, 0.2) is 0 Å². The van der Waals surface area contributed by atoms with E-state index in [4.69, 9.17) is 23.2 Å². The maximum atomic E-state index is 15.2. The second-order valence-corrected chi connectivity index (χ2v) is 9.77. The van der Waals surface area contributed by atoms with E-state index < -0.39 is 29.1 Å². The number of imidazole rings is 1. The lowest BCUT2D eigenvalue weighted by Gasteiger charge is -2.18. The number of nitrogens with zero attached hydrogens (tertiary/aromatic N) is 3. The van der Waals surface area contributed by atoms with Gasteiger partial charge in [0.05, 0.1) is 39.5 Å². The van der Waals surface area contributed by atoms with Crippen LogP contribution in [-0.4, -0.2) is 38.6 Å². The molecule has 0 saturated heterocycles. The molecule has 2 aromatic heterocycles. The van der Waals surface area contributed by atoms with Crippen LogP contribution in [0.25, 0.3) is 22.2 Å². The normalized spacial score (nSPS) is 15.8. The minimum Gasteiger partial charge on any atom is -0.387 e. The zero-order valence-electron chi connectivity index (χ0n) is 20.4.